The van der Waals surface area contributed by atoms with Crippen LogP contribution < -0.4 is 5.32 Å². The fraction of sp³-hybridized carbons (Fsp3) is 0.684. The van der Waals surface area contributed by atoms with Crippen molar-refractivity contribution in [1.82, 2.24) is 10.2 Å². The molecule has 0 bridgehead atoms. The van der Waals surface area contributed by atoms with Crippen molar-refractivity contribution in [3.8, 4) is 0 Å². The summed E-state index contributed by atoms with van der Waals surface area (Å²) in [5.41, 5.74) is 3.47. The lowest BCUT2D eigenvalue weighted by Crippen LogP contribution is -2.63. The van der Waals surface area contributed by atoms with Crippen LogP contribution in [0.25, 0.3) is 0 Å². The van der Waals surface area contributed by atoms with Crippen LogP contribution in [0.4, 0.5) is 0 Å². The van der Waals surface area contributed by atoms with Gasteiger partial charge in [-0.2, -0.15) is 0 Å². The average Bonchev–Trinajstić information content (AvgIpc) is 2.48. The predicted molar refractivity (Wildman–Crippen MR) is 89.9 cm³/mol. The zero-order valence-corrected chi connectivity index (χ0v) is 13.9. The topological polar surface area (TPSA) is 15.3 Å². The summed E-state index contributed by atoms with van der Waals surface area (Å²) in [4.78, 5) is 2.78. The predicted octanol–water partition coefficient (Wildman–Crippen LogP) is 3.57. The van der Waals surface area contributed by atoms with E-state index in [4.69, 9.17) is 0 Å². The Morgan fingerprint density at radius 3 is 2.81 bits per heavy atom. The third-order valence-corrected chi connectivity index (χ3v) is 5.65. The lowest BCUT2D eigenvalue weighted by Gasteiger charge is -2.48. The Morgan fingerprint density at radius 1 is 1.29 bits per heavy atom. The summed E-state index contributed by atoms with van der Waals surface area (Å²) in [6.07, 6.45) is 5.10. The minimum absolute atomic E-state index is 0.299. The van der Waals surface area contributed by atoms with Gasteiger partial charge in [-0.15, -0.1) is 0 Å². The van der Waals surface area contributed by atoms with E-state index in [2.05, 4.69) is 55.3 Å². The zero-order chi connectivity index (χ0) is 14.9. The minimum Gasteiger partial charge on any atom is -0.309 e. The van der Waals surface area contributed by atoms with Crippen molar-refractivity contribution in [2.75, 3.05) is 19.6 Å². The zero-order valence-electron chi connectivity index (χ0n) is 13.9. The summed E-state index contributed by atoms with van der Waals surface area (Å²) in [5.74, 6) is 0.764. The molecule has 1 saturated heterocycles. The van der Waals surface area contributed by atoms with Crippen molar-refractivity contribution in [3.63, 3.8) is 0 Å². The second kappa shape index (κ2) is 6.10. The van der Waals surface area contributed by atoms with Crippen molar-refractivity contribution in [2.24, 2.45) is 0 Å². The highest BCUT2D eigenvalue weighted by molar-refractivity contribution is 5.40. The Bertz CT molecular complexity index is 484. The second-order valence-corrected chi connectivity index (χ2v) is 7.27. The van der Waals surface area contributed by atoms with E-state index in [0.717, 1.165) is 18.5 Å². The molecule has 0 amide bonds. The van der Waals surface area contributed by atoms with E-state index >= 15 is 0 Å². The molecule has 3 rings (SSSR count). The number of nitrogens with one attached hydrogen (secondary N) is 1. The van der Waals surface area contributed by atoms with E-state index in [1.807, 2.05) is 0 Å². The van der Waals surface area contributed by atoms with Crippen molar-refractivity contribution >= 4 is 0 Å². The SMILES string of the molecule is CCCC1CNC(C)(CC)CN1CC1Cc2ccccc21. The Hall–Kier alpha value is -0.860. The summed E-state index contributed by atoms with van der Waals surface area (Å²) in [5, 5.41) is 3.80. The molecule has 1 aliphatic heterocycles. The fourth-order valence-corrected chi connectivity index (χ4v) is 4.00. The Morgan fingerprint density at radius 2 is 2.10 bits per heavy atom. The first kappa shape index (κ1) is 15.1. The first-order valence-electron chi connectivity index (χ1n) is 8.72. The van der Waals surface area contributed by atoms with Gasteiger partial charge in [-0.1, -0.05) is 44.5 Å². The van der Waals surface area contributed by atoms with Crippen LogP contribution in [0.1, 0.15) is 57.1 Å². The molecule has 1 aromatic rings. The maximum Gasteiger partial charge on any atom is 0.0278 e. The first-order valence-corrected chi connectivity index (χ1v) is 8.72. The Labute approximate surface area is 129 Å². The third kappa shape index (κ3) is 3.02. The van der Waals surface area contributed by atoms with Crippen molar-refractivity contribution in [2.45, 2.75) is 64.0 Å². The standard InChI is InChI=1S/C19H30N2/c1-4-8-17-12-20-19(3,5-2)14-21(17)13-16-11-15-9-6-7-10-18(15)16/h6-7,9-10,16-17,20H,4-5,8,11-14H2,1-3H3. The molecule has 1 heterocycles. The highest BCUT2D eigenvalue weighted by Gasteiger charge is 2.37. The Kier molecular flexibility index (Phi) is 4.37. The van der Waals surface area contributed by atoms with Gasteiger partial charge in [-0.25, -0.2) is 0 Å². The molecule has 1 aliphatic carbocycles. The lowest BCUT2D eigenvalue weighted by atomic mass is 9.76. The van der Waals surface area contributed by atoms with Crippen LogP contribution in [0.15, 0.2) is 24.3 Å². The van der Waals surface area contributed by atoms with Crippen LogP contribution in [-0.4, -0.2) is 36.1 Å². The van der Waals surface area contributed by atoms with Gasteiger partial charge in [0.05, 0.1) is 0 Å². The van der Waals surface area contributed by atoms with Gasteiger partial charge in [0.25, 0.3) is 0 Å². The molecule has 116 valence electrons. The minimum atomic E-state index is 0.299. The summed E-state index contributed by atoms with van der Waals surface area (Å²) < 4.78 is 0. The number of nitrogens with zero attached hydrogens (tertiary/aromatic N) is 1. The normalized spacial score (nSPS) is 32.5. The lowest BCUT2D eigenvalue weighted by molar-refractivity contribution is 0.0711. The van der Waals surface area contributed by atoms with Crippen LogP contribution in [0, 0.1) is 0 Å². The van der Waals surface area contributed by atoms with Gasteiger partial charge < -0.3 is 5.32 Å². The largest absolute Gasteiger partial charge is 0.309 e. The molecule has 1 N–H and O–H groups in total. The van der Waals surface area contributed by atoms with Crippen molar-refractivity contribution in [3.05, 3.63) is 35.4 Å². The molecule has 1 aromatic carbocycles. The van der Waals surface area contributed by atoms with E-state index in [1.54, 1.807) is 11.1 Å². The van der Waals surface area contributed by atoms with E-state index < -0.39 is 0 Å². The molecule has 2 aliphatic rings. The van der Waals surface area contributed by atoms with Gasteiger partial charge in [0.15, 0.2) is 0 Å². The number of benzene rings is 1. The average molecular weight is 286 g/mol. The molecule has 0 radical (unpaired) electrons. The van der Waals surface area contributed by atoms with Gasteiger partial charge in [-0.05, 0) is 37.3 Å². The monoisotopic (exact) mass is 286 g/mol. The summed E-state index contributed by atoms with van der Waals surface area (Å²) in [6, 6.07) is 9.72. The smallest absolute Gasteiger partial charge is 0.0278 e. The highest BCUT2D eigenvalue weighted by atomic mass is 15.3. The van der Waals surface area contributed by atoms with Crippen LogP contribution in [0.2, 0.25) is 0 Å². The van der Waals surface area contributed by atoms with E-state index in [9.17, 15) is 0 Å². The molecular formula is C19H30N2. The number of rotatable bonds is 5. The molecule has 3 atom stereocenters. The molecule has 0 spiro atoms. The molecule has 2 heteroatoms. The van der Waals surface area contributed by atoms with Gasteiger partial charge in [0, 0.05) is 37.1 Å². The van der Waals surface area contributed by atoms with Crippen molar-refractivity contribution in [1.29, 1.82) is 0 Å². The molecule has 3 unspecified atom stereocenters. The van der Waals surface area contributed by atoms with Crippen LogP contribution >= 0.6 is 0 Å². The summed E-state index contributed by atoms with van der Waals surface area (Å²) in [6.45, 7) is 10.6. The molecular weight excluding hydrogens is 256 g/mol. The molecule has 1 fully saturated rings. The summed E-state index contributed by atoms with van der Waals surface area (Å²) in [7, 11) is 0. The van der Waals surface area contributed by atoms with Gasteiger partial charge in [-0.3, -0.25) is 4.90 Å². The van der Waals surface area contributed by atoms with E-state index in [1.165, 1.54) is 38.8 Å². The number of piperazine rings is 1. The molecule has 0 aromatic heterocycles. The fourth-order valence-electron chi connectivity index (χ4n) is 4.00. The Balaban J connectivity index is 1.69. The van der Waals surface area contributed by atoms with Crippen LogP contribution in [-0.2, 0) is 6.42 Å². The second-order valence-electron chi connectivity index (χ2n) is 7.27. The van der Waals surface area contributed by atoms with Gasteiger partial charge in [0.2, 0.25) is 0 Å². The third-order valence-electron chi connectivity index (χ3n) is 5.65. The number of hydrogen-bond acceptors (Lipinski definition) is 2. The number of hydrogen-bond donors (Lipinski definition) is 1. The quantitative estimate of drug-likeness (QED) is 0.890. The van der Waals surface area contributed by atoms with Gasteiger partial charge >= 0.3 is 0 Å². The van der Waals surface area contributed by atoms with E-state index in [0.29, 0.717) is 5.54 Å². The summed E-state index contributed by atoms with van der Waals surface area (Å²) >= 11 is 0. The van der Waals surface area contributed by atoms with Crippen LogP contribution in [0.5, 0.6) is 0 Å². The molecule has 21 heavy (non-hydrogen) atoms. The highest BCUT2D eigenvalue weighted by Crippen LogP contribution is 2.36. The number of fused-ring (bicyclic) bond motifs is 1. The van der Waals surface area contributed by atoms with Crippen molar-refractivity contribution < 1.29 is 0 Å². The maximum atomic E-state index is 3.80. The molecule has 2 nitrogen and oxygen atoms in total. The first-order chi connectivity index (χ1) is 10.1. The molecule has 0 saturated carbocycles. The van der Waals surface area contributed by atoms with E-state index in [-0.39, 0.29) is 0 Å². The van der Waals surface area contributed by atoms with Gasteiger partial charge in [0.1, 0.15) is 0 Å². The van der Waals surface area contributed by atoms with Crippen LogP contribution in [0.3, 0.4) is 0 Å². The maximum absolute atomic E-state index is 3.80.